The molecule has 126 valence electrons. The maximum Gasteiger partial charge on any atom is 0.194 e. The Morgan fingerprint density at radius 2 is 1.78 bits per heavy atom. The molecule has 1 aliphatic carbocycles. The first kappa shape index (κ1) is 17.8. The zero-order valence-electron chi connectivity index (χ0n) is 13.2. The Hall–Kier alpha value is -1.58. The number of hydrogen-bond acceptors (Lipinski definition) is 0. The van der Waals surface area contributed by atoms with Crippen LogP contribution in [0.5, 0.6) is 0 Å². The Labute approximate surface area is 134 Å². The van der Waals surface area contributed by atoms with E-state index in [9.17, 15) is 17.6 Å². The Bertz CT molecular complexity index is 584. The van der Waals surface area contributed by atoms with E-state index in [1.165, 1.54) is 0 Å². The quantitative estimate of drug-likeness (QED) is 0.339. The number of alkyl halides is 1. The number of allylic oxidation sites excluding steroid dienone is 2. The van der Waals surface area contributed by atoms with Gasteiger partial charge in [-0.3, -0.25) is 0 Å². The second-order valence-corrected chi connectivity index (χ2v) is 6.33. The van der Waals surface area contributed by atoms with Crippen molar-refractivity contribution in [3.63, 3.8) is 0 Å². The lowest BCUT2D eigenvalue weighted by molar-refractivity contribution is 0.301. The molecule has 0 amide bonds. The lowest BCUT2D eigenvalue weighted by atomic mass is 9.76. The summed E-state index contributed by atoms with van der Waals surface area (Å²) in [4.78, 5) is 0. The highest BCUT2D eigenvalue weighted by molar-refractivity contribution is 5.33. The van der Waals surface area contributed by atoms with Crippen LogP contribution in [-0.4, -0.2) is 0 Å². The molecule has 0 unspecified atom stereocenters. The molecular weight excluding hydrogens is 304 g/mol. The molecule has 4 heteroatoms. The second kappa shape index (κ2) is 7.80. The van der Waals surface area contributed by atoms with Gasteiger partial charge in [-0.25, -0.2) is 17.6 Å². The van der Waals surface area contributed by atoms with Gasteiger partial charge in [0, 0.05) is 5.56 Å². The van der Waals surface area contributed by atoms with Crippen LogP contribution in [-0.2, 0) is 13.1 Å². The van der Waals surface area contributed by atoms with Crippen molar-refractivity contribution >= 4 is 0 Å². The number of halogens is 4. The van der Waals surface area contributed by atoms with Crippen molar-refractivity contribution in [1.29, 1.82) is 0 Å². The largest absolute Gasteiger partial charge is 0.246 e. The molecule has 0 radical (unpaired) electrons. The van der Waals surface area contributed by atoms with Crippen molar-refractivity contribution in [2.24, 2.45) is 11.8 Å². The van der Waals surface area contributed by atoms with Crippen LogP contribution >= 0.6 is 0 Å². The predicted molar refractivity (Wildman–Crippen MR) is 84.2 cm³/mol. The summed E-state index contributed by atoms with van der Waals surface area (Å²) < 4.78 is 53.6. The van der Waals surface area contributed by atoms with Crippen LogP contribution in [0.15, 0.2) is 30.9 Å². The van der Waals surface area contributed by atoms with Gasteiger partial charge in [0.25, 0.3) is 0 Å². The van der Waals surface area contributed by atoms with Crippen LogP contribution in [0.4, 0.5) is 17.6 Å². The monoisotopic (exact) mass is 326 g/mol. The molecule has 1 aliphatic rings. The average molecular weight is 326 g/mol. The molecule has 0 atom stereocenters. The van der Waals surface area contributed by atoms with Gasteiger partial charge in [-0.2, -0.15) is 0 Å². The van der Waals surface area contributed by atoms with E-state index in [-0.39, 0.29) is 23.5 Å². The summed E-state index contributed by atoms with van der Waals surface area (Å²) in [6.45, 7) is 6.71. The van der Waals surface area contributed by atoms with E-state index in [0.29, 0.717) is 5.92 Å². The first-order chi connectivity index (χ1) is 11.0. The average Bonchev–Trinajstić information content (AvgIpc) is 2.56. The van der Waals surface area contributed by atoms with Crippen LogP contribution in [0.3, 0.4) is 0 Å². The fraction of sp³-hybridized carbons (Fsp3) is 0.474. The molecule has 1 saturated carbocycles. The highest BCUT2D eigenvalue weighted by Gasteiger charge is 2.25. The lowest BCUT2D eigenvalue weighted by Gasteiger charge is -2.29. The van der Waals surface area contributed by atoms with E-state index in [2.05, 4.69) is 13.2 Å². The molecule has 0 aliphatic heterocycles. The van der Waals surface area contributed by atoms with Gasteiger partial charge in [0.15, 0.2) is 17.5 Å². The standard InChI is InChI=1S/C19H22F4/c1-3-4-13-5-7-14(8-6-13)12(2)9-16-15(11-20)10-17(21)19(23)18(16)22/h3,10,13-14H,1-2,4-9,11H2. The molecule has 0 spiro atoms. The van der Waals surface area contributed by atoms with Crippen LogP contribution in [0.2, 0.25) is 0 Å². The van der Waals surface area contributed by atoms with E-state index in [1.807, 2.05) is 6.08 Å². The van der Waals surface area contributed by atoms with Crippen LogP contribution in [0, 0.1) is 29.3 Å². The maximum atomic E-state index is 14.0. The van der Waals surface area contributed by atoms with E-state index in [0.717, 1.165) is 43.7 Å². The fourth-order valence-corrected chi connectivity index (χ4v) is 3.41. The Morgan fingerprint density at radius 3 is 2.35 bits per heavy atom. The molecule has 1 aromatic rings. The topological polar surface area (TPSA) is 0 Å². The third-order valence-electron chi connectivity index (χ3n) is 4.83. The van der Waals surface area contributed by atoms with Crippen molar-refractivity contribution in [3.8, 4) is 0 Å². The maximum absolute atomic E-state index is 14.0. The molecular formula is C19H22F4. The van der Waals surface area contributed by atoms with Crippen molar-refractivity contribution in [1.82, 2.24) is 0 Å². The zero-order chi connectivity index (χ0) is 17.0. The minimum Gasteiger partial charge on any atom is -0.246 e. The van der Waals surface area contributed by atoms with Crippen LogP contribution < -0.4 is 0 Å². The molecule has 0 nitrogen and oxygen atoms in total. The van der Waals surface area contributed by atoms with E-state index >= 15 is 0 Å². The van der Waals surface area contributed by atoms with Gasteiger partial charge in [-0.05, 0) is 62.0 Å². The Morgan fingerprint density at radius 1 is 1.13 bits per heavy atom. The minimum atomic E-state index is -1.54. The molecule has 1 fully saturated rings. The summed E-state index contributed by atoms with van der Waals surface area (Å²) in [6, 6.07) is 0.738. The van der Waals surface area contributed by atoms with Gasteiger partial charge in [-0.1, -0.05) is 18.2 Å². The molecule has 0 saturated heterocycles. The third-order valence-corrected chi connectivity index (χ3v) is 4.83. The summed E-state index contributed by atoms with van der Waals surface area (Å²) >= 11 is 0. The summed E-state index contributed by atoms with van der Waals surface area (Å²) in [5.41, 5.74) is 0.522. The first-order valence-corrected chi connectivity index (χ1v) is 7.97. The number of hydrogen-bond donors (Lipinski definition) is 0. The van der Waals surface area contributed by atoms with Gasteiger partial charge in [0.2, 0.25) is 0 Å². The second-order valence-electron chi connectivity index (χ2n) is 6.33. The molecule has 1 aromatic carbocycles. The molecule has 0 aromatic heterocycles. The van der Waals surface area contributed by atoms with Gasteiger partial charge >= 0.3 is 0 Å². The summed E-state index contributed by atoms with van der Waals surface area (Å²) in [5.74, 6) is -3.35. The van der Waals surface area contributed by atoms with Crippen molar-refractivity contribution in [2.75, 3.05) is 0 Å². The Kier molecular flexibility index (Phi) is 6.03. The molecule has 2 rings (SSSR count). The number of benzene rings is 1. The highest BCUT2D eigenvalue weighted by atomic mass is 19.2. The third kappa shape index (κ3) is 4.04. The van der Waals surface area contributed by atoms with Gasteiger partial charge < -0.3 is 0 Å². The van der Waals surface area contributed by atoms with Gasteiger partial charge in [0.1, 0.15) is 6.67 Å². The normalized spacial score (nSPS) is 21.2. The fourth-order valence-electron chi connectivity index (χ4n) is 3.41. The predicted octanol–water partition coefficient (Wildman–Crippen LogP) is 6.05. The first-order valence-electron chi connectivity index (χ1n) is 7.97. The molecule has 0 bridgehead atoms. The van der Waals surface area contributed by atoms with Crippen LogP contribution in [0.25, 0.3) is 0 Å². The summed E-state index contributed by atoms with van der Waals surface area (Å²) in [5, 5.41) is 0. The smallest absolute Gasteiger partial charge is 0.194 e. The lowest BCUT2D eigenvalue weighted by Crippen LogP contribution is -2.17. The number of rotatable bonds is 6. The minimum absolute atomic E-state index is 0.0546. The SMILES string of the molecule is C=CCC1CCC(C(=C)Cc2c(CF)cc(F)c(F)c2F)CC1. The van der Waals surface area contributed by atoms with E-state index in [4.69, 9.17) is 0 Å². The molecule has 23 heavy (non-hydrogen) atoms. The van der Waals surface area contributed by atoms with Crippen LogP contribution in [0.1, 0.15) is 43.2 Å². The molecule has 0 heterocycles. The van der Waals surface area contributed by atoms with Crippen molar-refractivity contribution in [2.45, 2.75) is 45.2 Å². The molecule has 0 N–H and O–H groups in total. The highest BCUT2D eigenvalue weighted by Crippen LogP contribution is 2.36. The van der Waals surface area contributed by atoms with Crippen molar-refractivity contribution < 1.29 is 17.6 Å². The summed E-state index contributed by atoms with van der Waals surface area (Å²) in [6.07, 6.45) is 6.94. The zero-order valence-corrected chi connectivity index (χ0v) is 13.2. The van der Waals surface area contributed by atoms with E-state index < -0.39 is 24.1 Å². The van der Waals surface area contributed by atoms with E-state index in [1.54, 1.807) is 0 Å². The summed E-state index contributed by atoms with van der Waals surface area (Å²) in [7, 11) is 0. The van der Waals surface area contributed by atoms with Gasteiger partial charge in [-0.15, -0.1) is 6.58 Å². The Balaban J connectivity index is 2.09. The van der Waals surface area contributed by atoms with Crippen molar-refractivity contribution in [3.05, 3.63) is 59.5 Å². The van der Waals surface area contributed by atoms with Gasteiger partial charge in [0.05, 0.1) is 0 Å².